The number of carbonyl (C=O) groups is 1. The molecule has 7 heteroatoms. The van der Waals surface area contributed by atoms with Crippen molar-refractivity contribution in [2.75, 3.05) is 25.2 Å². The minimum absolute atomic E-state index is 0.0158. The summed E-state index contributed by atoms with van der Waals surface area (Å²) in [5, 5.41) is 1.21. The van der Waals surface area contributed by atoms with Gasteiger partial charge in [-0.15, -0.1) is 0 Å². The van der Waals surface area contributed by atoms with E-state index in [1.165, 1.54) is 11.3 Å². The summed E-state index contributed by atoms with van der Waals surface area (Å²) in [4.78, 5) is 19.7. The second-order valence-corrected chi connectivity index (χ2v) is 7.78. The van der Waals surface area contributed by atoms with Gasteiger partial charge in [-0.2, -0.15) is 0 Å². The van der Waals surface area contributed by atoms with Crippen LogP contribution in [0.1, 0.15) is 23.2 Å². The van der Waals surface area contributed by atoms with E-state index in [2.05, 4.69) is 4.98 Å². The van der Waals surface area contributed by atoms with Crippen molar-refractivity contribution in [3.63, 3.8) is 0 Å². The fourth-order valence-corrected chi connectivity index (χ4v) is 4.44. The number of para-hydroxylation sites is 1. The van der Waals surface area contributed by atoms with E-state index < -0.39 is 0 Å². The van der Waals surface area contributed by atoms with Crippen molar-refractivity contribution in [1.29, 1.82) is 0 Å². The van der Waals surface area contributed by atoms with E-state index in [1.807, 2.05) is 30.3 Å². The van der Waals surface area contributed by atoms with Gasteiger partial charge in [0.25, 0.3) is 5.91 Å². The topological polar surface area (TPSA) is 51.7 Å². The number of methoxy groups -OCH3 is 1. The molecule has 2 aromatic carbocycles. The second-order valence-electron chi connectivity index (χ2n) is 6.37. The molecule has 5 nitrogen and oxygen atoms in total. The Labute approximate surface area is 166 Å². The number of nitrogens with zero attached hydrogens (tertiary/aromatic N) is 2. The van der Waals surface area contributed by atoms with Crippen molar-refractivity contribution in [2.24, 2.45) is 0 Å². The zero-order valence-corrected chi connectivity index (χ0v) is 16.4. The molecule has 1 aliphatic heterocycles. The maximum Gasteiger partial charge on any atom is 0.260 e. The second kappa shape index (κ2) is 7.84. The molecule has 0 aliphatic carbocycles. The van der Waals surface area contributed by atoms with Crippen molar-refractivity contribution in [3.8, 4) is 5.75 Å². The summed E-state index contributed by atoms with van der Waals surface area (Å²) in [7, 11) is 1.59. The lowest BCUT2D eigenvalue weighted by Gasteiger charge is -2.23. The number of benzene rings is 2. The third-order valence-corrected chi connectivity index (χ3v) is 5.91. The maximum atomic E-state index is 13.3. The third kappa shape index (κ3) is 3.78. The predicted molar refractivity (Wildman–Crippen MR) is 108 cm³/mol. The van der Waals surface area contributed by atoms with Gasteiger partial charge in [-0.1, -0.05) is 35.1 Å². The number of hydrogen-bond acceptors (Lipinski definition) is 5. The lowest BCUT2D eigenvalue weighted by atomic mass is 10.1. The lowest BCUT2D eigenvalue weighted by Crippen LogP contribution is -2.37. The summed E-state index contributed by atoms with van der Waals surface area (Å²) >= 11 is 7.74. The molecule has 0 radical (unpaired) electrons. The number of aromatic nitrogens is 1. The third-order valence-electron chi connectivity index (χ3n) is 4.56. The van der Waals surface area contributed by atoms with Gasteiger partial charge in [-0.25, -0.2) is 4.98 Å². The van der Waals surface area contributed by atoms with Gasteiger partial charge in [0.1, 0.15) is 11.3 Å². The Morgan fingerprint density at radius 2 is 2.22 bits per heavy atom. The molecule has 1 atom stereocenters. The van der Waals surface area contributed by atoms with Crippen LogP contribution in [0.2, 0.25) is 5.02 Å². The Bertz CT molecular complexity index is 969. The van der Waals surface area contributed by atoms with Gasteiger partial charge in [-0.05, 0) is 43.2 Å². The first-order chi connectivity index (χ1) is 13.2. The molecular formula is C20H19ClN2O3S. The lowest BCUT2D eigenvalue weighted by molar-refractivity contribution is 0.0917. The molecular weight excluding hydrogens is 384 g/mol. The zero-order valence-electron chi connectivity index (χ0n) is 14.9. The van der Waals surface area contributed by atoms with Crippen molar-refractivity contribution in [3.05, 3.63) is 53.1 Å². The Morgan fingerprint density at radius 3 is 2.96 bits per heavy atom. The summed E-state index contributed by atoms with van der Waals surface area (Å²) in [6.07, 6.45) is 1.97. The van der Waals surface area contributed by atoms with E-state index >= 15 is 0 Å². The molecule has 1 aliphatic rings. The van der Waals surface area contributed by atoms with E-state index in [4.69, 9.17) is 21.1 Å². The SMILES string of the molecule is COc1cccc(C(=O)N(CC2CCCO2)c2nc3c(Cl)cccc3s2)c1. The molecule has 1 fully saturated rings. The maximum absolute atomic E-state index is 13.3. The number of hydrogen-bond donors (Lipinski definition) is 0. The molecule has 27 heavy (non-hydrogen) atoms. The largest absolute Gasteiger partial charge is 0.497 e. The highest BCUT2D eigenvalue weighted by molar-refractivity contribution is 7.22. The molecule has 3 aromatic rings. The van der Waals surface area contributed by atoms with E-state index in [-0.39, 0.29) is 12.0 Å². The smallest absolute Gasteiger partial charge is 0.260 e. The summed E-state index contributed by atoms with van der Waals surface area (Å²) in [5.74, 6) is 0.518. The van der Waals surface area contributed by atoms with E-state index in [0.717, 1.165) is 29.7 Å². The van der Waals surface area contributed by atoms with Crippen LogP contribution in [0.3, 0.4) is 0 Å². The molecule has 0 bridgehead atoms. The van der Waals surface area contributed by atoms with Gasteiger partial charge in [0.05, 0.1) is 29.5 Å². The Hall–Kier alpha value is -2.15. The monoisotopic (exact) mass is 402 g/mol. The van der Waals surface area contributed by atoms with Crippen LogP contribution in [-0.2, 0) is 4.74 Å². The van der Waals surface area contributed by atoms with Crippen molar-refractivity contribution in [2.45, 2.75) is 18.9 Å². The first-order valence-electron chi connectivity index (χ1n) is 8.78. The van der Waals surface area contributed by atoms with Gasteiger partial charge in [-0.3, -0.25) is 9.69 Å². The number of thiazole rings is 1. The van der Waals surface area contributed by atoms with E-state index in [1.54, 1.807) is 24.1 Å². The number of fused-ring (bicyclic) bond motifs is 1. The fraction of sp³-hybridized carbons (Fsp3) is 0.300. The van der Waals surface area contributed by atoms with Gasteiger partial charge in [0, 0.05) is 12.2 Å². The van der Waals surface area contributed by atoms with Gasteiger partial charge < -0.3 is 9.47 Å². The van der Waals surface area contributed by atoms with Gasteiger partial charge >= 0.3 is 0 Å². The molecule has 140 valence electrons. The minimum atomic E-state index is -0.125. The molecule has 2 heterocycles. The van der Waals surface area contributed by atoms with Crippen LogP contribution in [0, 0.1) is 0 Å². The highest BCUT2D eigenvalue weighted by atomic mass is 35.5. The number of anilines is 1. The Balaban J connectivity index is 1.72. The van der Waals surface area contributed by atoms with Crippen LogP contribution in [0.15, 0.2) is 42.5 Å². The van der Waals surface area contributed by atoms with Crippen LogP contribution in [0.4, 0.5) is 5.13 Å². The van der Waals surface area contributed by atoms with Crippen molar-refractivity contribution in [1.82, 2.24) is 4.98 Å². The quantitative estimate of drug-likeness (QED) is 0.616. The number of carbonyl (C=O) groups excluding carboxylic acids is 1. The summed E-state index contributed by atoms with van der Waals surface area (Å²) in [6.45, 7) is 1.20. The number of rotatable bonds is 5. The van der Waals surface area contributed by atoms with Gasteiger partial charge in [0.15, 0.2) is 5.13 Å². The van der Waals surface area contributed by atoms with E-state index in [0.29, 0.717) is 28.0 Å². The molecule has 1 unspecified atom stereocenters. The normalized spacial score (nSPS) is 16.6. The first kappa shape index (κ1) is 18.2. The highest BCUT2D eigenvalue weighted by Crippen LogP contribution is 2.34. The molecule has 0 saturated carbocycles. The zero-order chi connectivity index (χ0) is 18.8. The average molecular weight is 403 g/mol. The minimum Gasteiger partial charge on any atom is -0.497 e. The van der Waals surface area contributed by atoms with Crippen molar-refractivity contribution >= 4 is 44.2 Å². The number of amides is 1. The van der Waals surface area contributed by atoms with Crippen LogP contribution in [0.25, 0.3) is 10.2 Å². The molecule has 1 aromatic heterocycles. The Morgan fingerprint density at radius 1 is 1.37 bits per heavy atom. The number of ether oxygens (including phenoxy) is 2. The van der Waals surface area contributed by atoms with Crippen LogP contribution in [-0.4, -0.2) is 37.3 Å². The fourth-order valence-electron chi connectivity index (χ4n) is 3.17. The van der Waals surface area contributed by atoms with Crippen LogP contribution < -0.4 is 9.64 Å². The summed E-state index contributed by atoms with van der Waals surface area (Å²) < 4.78 is 12.0. The molecule has 1 amide bonds. The van der Waals surface area contributed by atoms with Crippen molar-refractivity contribution < 1.29 is 14.3 Å². The average Bonchev–Trinajstić information content (AvgIpc) is 3.36. The number of halogens is 1. The van der Waals surface area contributed by atoms with E-state index in [9.17, 15) is 4.79 Å². The summed E-state index contributed by atoms with van der Waals surface area (Å²) in [5.41, 5.74) is 1.27. The Kier molecular flexibility index (Phi) is 5.29. The molecule has 4 rings (SSSR count). The van der Waals surface area contributed by atoms with Gasteiger partial charge in [0.2, 0.25) is 0 Å². The molecule has 0 spiro atoms. The molecule has 1 saturated heterocycles. The summed E-state index contributed by atoms with van der Waals surface area (Å²) in [6, 6.07) is 12.8. The predicted octanol–water partition coefficient (Wildman–Crippen LogP) is 4.78. The van der Waals surface area contributed by atoms with Crippen LogP contribution in [0.5, 0.6) is 5.75 Å². The standard InChI is InChI=1S/C20H19ClN2O3S/c1-25-14-6-2-5-13(11-14)19(24)23(12-15-7-4-10-26-15)20-22-18-16(21)8-3-9-17(18)27-20/h2-3,5-6,8-9,11,15H,4,7,10,12H2,1H3. The highest BCUT2D eigenvalue weighted by Gasteiger charge is 2.27. The van der Waals surface area contributed by atoms with Crippen LogP contribution >= 0.6 is 22.9 Å². The molecule has 0 N–H and O–H groups in total. The first-order valence-corrected chi connectivity index (χ1v) is 9.98.